The number of unbranched alkanes of at least 4 members (excludes halogenated alkanes) is 4. The molecule has 0 rings (SSSR count). The molecule has 0 aliphatic carbocycles. The number of halogens is 10. The zero-order valence-electron chi connectivity index (χ0n) is 13.9. The van der Waals surface area contributed by atoms with Crippen LogP contribution in [0.3, 0.4) is 0 Å². The second-order valence-electron chi connectivity index (χ2n) is 6.00. The first-order chi connectivity index (χ1) is 11.2. The van der Waals surface area contributed by atoms with E-state index in [1.165, 1.54) is 22.6 Å². The Kier molecular flexibility index (Phi) is 9.38. The number of alkyl halides is 10. The highest BCUT2D eigenvalue weighted by molar-refractivity contribution is 14.1. The summed E-state index contributed by atoms with van der Waals surface area (Å²) in [5.74, 6) is -21.1. The highest BCUT2D eigenvalue weighted by atomic mass is 127. The van der Waals surface area contributed by atoms with E-state index < -0.39 is 40.2 Å². The van der Waals surface area contributed by atoms with Crippen LogP contribution < -0.4 is 0 Å². The summed E-state index contributed by atoms with van der Waals surface area (Å²) in [6.45, 7) is 3.03. The minimum absolute atomic E-state index is 0.0477. The van der Waals surface area contributed by atoms with Gasteiger partial charge in [0.15, 0.2) is 0 Å². The van der Waals surface area contributed by atoms with E-state index in [4.69, 9.17) is 0 Å². The Morgan fingerprint density at radius 3 is 1.60 bits per heavy atom. The molecule has 0 N–H and O–H groups in total. The fourth-order valence-electron chi connectivity index (χ4n) is 2.50. The first-order valence-electron chi connectivity index (χ1n) is 8.02. The molecule has 0 nitrogen and oxygen atoms in total. The first kappa shape index (κ1) is 25.1. The molecule has 0 fully saturated rings. The summed E-state index contributed by atoms with van der Waals surface area (Å²) >= 11 is 1.44. The summed E-state index contributed by atoms with van der Waals surface area (Å²) < 4.78 is 117. The molecule has 0 radical (unpaired) electrons. The molecule has 0 saturated heterocycles. The van der Waals surface area contributed by atoms with Crippen molar-refractivity contribution in [3.8, 4) is 0 Å². The molecule has 0 amide bonds. The van der Waals surface area contributed by atoms with E-state index in [0.29, 0.717) is 12.8 Å². The van der Waals surface area contributed by atoms with Crippen LogP contribution in [-0.4, -0.2) is 27.9 Å². The van der Waals surface area contributed by atoms with Crippen molar-refractivity contribution in [2.75, 3.05) is 0 Å². The Labute approximate surface area is 155 Å². The van der Waals surface area contributed by atoms with Crippen molar-refractivity contribution >= 4 is 22.6 Å². The summed E-state index contributed by atoms with van der Waals surface area (Å²) in [7, 11) is 0. The third-order valence-corrected chi connectivity index (χ3v) is 5.59. The summed E-state index contributed by atoms with van der Waals surface area (Å²) in [5.41, 5.74) is 0. The van der Waals surface area contributed by atoms with E-state index in [-0.39, 0.29) is 6.42 Å². The van der Waals surface area contributed by atoms with Crippen molar-refractivity contribution in [2.24, 2.45) is 5.92 Å². The average Bonchev–Trinajstić information content (AvgIpc) is 2.45. The quantitative estimate of drug-likeness (QED) is 0.118. The normalized spacial score (nSPS) is 16.8. The van der Waals surface area contributed by atoms with Crippen molar-refractivity contribution < 1.29 is 39.5 Å². The topological polar surface area (TPSA) is 0 Å². The van der Waals surface area contributed by atoms with Crippen LogP contribution in [0.5, 0.6) is 0 Å². The summed E-state index contributed by atoms with van der Waals surface area (Å²) in [6.07, 6.45) is -3.62. The van der Waals surface area contributed by atoms with Gasteiger partial charge in [-0.3, -0.25) is 0 Å². The van der Waals surface area contributed by atoms with Crippen molar-refractivity contribution in [2.45, 2.75) is 86.7 Å². The van der Waals surface area contributed by atoms with Gasteiger partial charge in [0.2, 0.25) is 0 Å². The smallest absolute Gasteiger partial charge is 0.199 e. The lowest BCUT2D eigenvalue weighted by molar-refractivity contribution is -0.403. The largest absolute Gasteiger partial charge is 0.460 e. The van der Waals surface area contributed by atoms with Crippen LogP contribution in [0.25, 0.3) is 0 Å². The van der Waals surface area contributed by atoms with E-state index >= 15 is 0 Å². The Morgan fingerprint density at radius 1 is 0.720 bits per heavy atom. The predicted molar refractivity (Wildman–Crippen MR) is 85.9 cm³/mol. The maximum Gasteiger partial charge on any atom is 0.460 e. The van der Waals surface area contributed by atoms with E-state index in [9.17, 15) is 39.5 Å². The zero-order chi connectivity index (χ0) is 20.1. The Bertz CT molecular complexity index is 393. The molecular weight excluding hydrogens is 478 g/mol. The Balaban J connectivity index is 5.27. The lowest BCUT2D eigenvalue weighted by Crippen LogP contribution is -2.63. The highest BCUT2D eigenvalue weighted by Crippen LogP contribution is 2.56. The molecule has 0 aliphatic heterocycles. The van der Waals surface area contributed by atoms with Gasteiger partial charge >= 0.3 is 23.9 Å². The number of hydrogen-bond acceptors (Lipinski definition) is 0. The maximum absolute atomic E-state index is 14.0. The van der Waals surface area contributed by atoms with Gasteiger partial charge in [0.1, 0.15) is 0 Å². The van der Waals surface area contributed by atoms with Gasteiger partial charge in [-0.25, -0.2) is 0 Å². The minimum Gasteiger partial charge on any atom is -0.199 e. The van der Waals surface area contributed by atoms with Crippen molar-refractivity contribution in [3.63, 3.8) is 0 Å². The van der Waals surface area contributed by atoms with Gasteiger partial charge in [-0.2, -0.15) is 39.5 Å². The van der Waals surface area contributed by atoms with E-state index in [1.54, 1.807) is 0 Å². The monoisotopic (exact) mass is 500 g/mol. The second-order valence-corrected chi connectivity index (χ2v) is 7.60. The molecule has 152 valence electrons. The predicted octanol–water partition coefficient (Wildman–Crippen LogP) is 7.64. The standard InChI is InChI=1S/C15H22F9I/c1-3-5-6-7-8-9-11(25)10(4-2)12(16,17)13(18,19)14(20,21)15(22,23)24/h10-11H,3-9H2,1-2H3. The second kappa shape index (κ2) is 9.34. The van der Waals surface area contributed by atoms with E-state index in [1.807, 2.05) is 6.92 Å². The molecule has 2 unspecified atom stereocenters. The van der Waals surface area contributed by atoms with Gasteiger partial charge in [-0.15, -0.1) is 0 Å². The Morgan fingerprint density at radius 2 is 1.20 bits per heavy atom. The highest BCUT2D eigenvalue weighted by Gasteiger charge is 2.82. The van der Waals surface area contributed by atoms with E-state index in [0.717, 1.165) is 26.2 Å². The molecule has 0 heterocycles. The molecule has 0 bridgehead atoms. The molecule has 0 aliphatic rings. The van der Waals surface area contributed by atoms with Crippen LogP contribution in [0.4, 0.5) is 39.5 Å². The van der Waals surface area contributed by atoms with Crippen LogP contribution in [0.15, 0.2) is 0 Å². The molecule has 2 atom stereocenters. The van der Waals surface area contributed by atoms with Crippen LogP contribution in [0.1, 0.15) is 58.8 Å². The maximum atomic E-state index is 14.0. The first-order valence-corrected chi connectivity index (χ1v) is 9.27. The molecule has 0 aromatic rings. The van der Waals surface area contributed by atoms with Crippen molar-refractivity contribution in [1.29, 1.82) is 0 Å². The molecule has 0 aromatic carbocycles. The number of hydrogen-bond donors (Lipinski definition) is 0. The van der Waals surface area contributed by atoms with Crippen LogP contribution in [0.2, 0.25) is 0 Å². The summed E-state index contributed by atoms with van der Waals surface area (Å²) in [6, 6.07) is 0. The molecule has 0 saturated carbocycles. The lowest BCUT2D eigenvalue weighted by atomic mass is 9.85. The van der Waals surface area contributed by atoms with Gasteiger partial charge < -0.3 is 0 Å². The van der Waals surface area contributed by atoms with Crippen LogP contribution in [0, 0.1) is 5.92 Å². The summed E-state index contributed by atoms with van der Waals surface area (Å²) in [5, 5.41) is 0. The van der Waals surface area contributed by atoms with Gasteiger partial charge in [-0.05, 0) is 12.8 Å². The molecular formula is C15H22F9I. The van der Waals surface area contributed by atoms with Gasteiger partial charge in [-0.1, -0.05) is 68.5 Å². The fraction of sp³-hybridized carbons (Fsp3) is 1.00. The van der Waals surface area contributed by atoms with Gasteiger partial charge in [0.25, 0.3) is 0 Å². The van der Waals surface area contributed by atoms with Crippen molar-refractivity contribution in [3.05, 3.63) is 0 Å². The van der Waals surface area contributed by atoms with Gasteiger partial charge in [0, 0.05) is 9.84 Å². The molecule has 0 spiro atoms. The molecule has 10 heteroatoms. The third kappa shape index (κ3) is 5.54. The summed E-state index contributed by atoms with van der Waals surface area (Å²) in [4.78, 5) is 0. The molecule has 25 heavy (non-hydrogen) atoms. The third-order valence-electron chi connectivity index (χ3n) is 4.09. The fourth-order valence-corrected chi connectivity index (χ4v) is 3.90. The lowest BCUT2D eigenvalue weighted by Gasteiger charge is -2.39. The average molecular weight is 500 g/mol. The SMILES string of the molecule is CCCCCCCC(I)C(CC)C(F)(F)C(F)(F)C(F)(F)C(F)(F)F. The van der Waals surface area contributed by atoms with Gasteiger partial charge in [0.05, 0.1) is 0 Å². The van der Waals surface area contributed by atoms with Crippen molar-refractivity contribution in [1.82, 2.24) is 0 Å². The zero-order valence-corrected chi connectivity index (χ0v) is 16.0. The van der Waals surface area contributed by atoms with Crippen LogP contribution in [-0.2, 0) is 0 Å². The Hall–Kier alpha value is 0.1000. The van der Waals surface area contributed by atoms with E-state index in [2.05, 4.69) is 0 Å². The minimum atomic E-state index is -6.81. The van der Waals surface area contributed by atoms with Crippen LogP contribution >= 0.6 is 22.6 Å². The molecule has 0 aromatic heterocycles. The number of rotatable bonds is 11.